The van der Waals surface area contributed by atoms with Gasteiger partial charge in [0.2, 0.25) is 11.8 Å². The van der Waals surface area contributed by atoms with Crippen molar-refractivity contribution in [2.24, 2.45) is 10.8 Å². The summed E-state index contributed by atoms with van der Waals surface area (Å²) in [5, 5.41) is 0. The predicted octanol–water partition coefficient (Wildman–Crippen LogP) is 8.05. The molecule has 1 atom stereocenters. The number of anilines is 2. The van der Waals surface area contributed by atoms with E-state index >= 15 is 0 Å². The number of nitrogens with zero attached hydrogens (tertiary/aromatic N) is 5. The third-order valence-electron chi connectivity index (χ3n) is 9.65. The van der Waals surface area contributed by atoms with Crippen LogP contribution >= 0.6 is 0 Å². The summed E-state index contributed by atoms with van der Waals surface area (Å²) >= 11 is 0. The molecule has 2 aliphatic heterocycles. The van der Waals surface area contributed by atoms with Crippen LogP contribution in [-0.2, 0) is 22.7 Å². The summed E-state index contributed by atoms with van der Waals surface area (Å²) in [5.41, 5.74) is 1.56. The predicted molar refractivity (Wildman–Crippen MR) is 197 cm³/mol. The number of aromatic nitrogens is 3. The fourth-order valence-electron chi connectivity index (χ4n) is 7.07. The molecule has 2 aromatic carbocycles. The van der Waals surface area contributed by atoms with Crippen molar-refractivity contribution < 1.29 is 31.1 Å². The third-order valence-corrected chi connectivity index (χ3v) is 11.0. The summed E-state index contributed by atoms with van der Waals surface area (Å²) in [6.45, 7) is 14.4. The van der Waals surface area contributed by atoms with Crippen LogP contribution in [0.2, 0.25) is 0 Å². The number of hydrogen-bond acceptors (Lipinski definition) is 8. The molecule has 0 radical (unpaired) electrons. The number of fused-ring (bicyclic) bond motifs is 4. The Hall–Kier alpha value is -4.72. The molecular weight excluding hydrogens is 706 g/mol. The first-order valence-corrected chi connectivity index (χ1v) is 19.0. The molecular formula is C39H45F3N6O4S. The molecule has 6 rings (SSSR count). The Morgan fingerprint density at radius 2 is 1.70 bits per heavy atom. The van der Waals surface area contributed by atoms with Crippen LogP contribution in [-0.4, -0.2) is 59.9 Å². The lowest BCUT2D eigenvalue weighted by Crippen LogP contribution is -2.45. The minimum absolute atomic E-state index is 0.0274. The van der Waals surface area contributed by atoms with Crippen LogP contribution in [0.1, 0.15) is 80.2 Å². The van der Waals surface area contributed by atoms with Crippen molar-refractivity contribution in [1.29, 1.82) is 0 Å². The number of benzene rings is 2. The van der Waals surface area contributed by atoms with Crippen LogP contribution in [0.4, 0.5) is 24.8 Å². The summed E-state index contributed by atoms with van der Waals surface area (Å²) in [7, 11) is -4.33. The van der Waals surface area contributed by atoms with Gasteiger partial charge < -0.3 is 14.5 Å². The highest BCUT2D eigenvalue weighted by Gasteiger charge is 2.39. The molecule has 0 aliphatic carbocycles. The van der Waals surface area contributed by atoms with Crippen molar-refractivity contribution in [1.82, 2.24) is 19.9 Å². The van der Waals surface area contributed by atoms with Gasteiger partial charge in [0.05, 0.1) is 46.3 Å². The van der Waals surface area contributed by atoms with Gasteiger partial charge in [-0.25, -0.2) is 18.1 Å². The van der Waals surface area contributed by atoms with E-state index in [-0.39, 0.29) is 40.0 Å². The first-order valence-electron chi connectivity index (χ1n) is 17.5. The minimum atomic E-state index is -4.77. The lowest BCUT2D eigenvalue weighted by molar-refractivity contribution is -0.138. The number of hydrogen-bond donors (Lipinski definition) is 1. The van der Waals surface area contributed by atoms with E-state index in [4.69, 9.17) is 4.74 Å². The van der Waals surface area contributed by atoms with Crippen molar-refractivity contribution in [3.8, 4) is 17.1 Å². The lowest BCUT2D eigenvalue weighted by atomic mass is 9.87. The SMILES string of the molecule is Cc1cccc(C)c1-c1cc2nc(n1)NS(=O)(=O)c1cccc(c1)C(=O)N(Cc1ncc(N3CCC(C)(C)C3)cc1C(F)(F)F)[C@H](CC(C)(C)C)CO2. The molecule has 1 saturated heterocycles. The second-order valence-corrected chi connectivity index (χ2v) is 17.7. The molecule has 53 heavy (non-hydrogen) atoms. The molecule has 4 heterocycles. The topological polar surface area (TPSA) is 118 Å². The highest BCUT2D eigenvalue weighted by Crippen LogP contribution is 2.38. The Bertz CT molecular complexity index is 2130. The maximum absolute atomic E-state index is 14.8. The van der Waals surface area contributed by atoms with Gasteiger partial charge in [0.15, 0.2) is 0 Å². The minimum Gasteiger partial charge on any atom is -0.475 e. The number of halogens is 3. The zero-order chi connectivity index (χ0) is 38.5. The van der Waals surface area contributed by atoms with E-state index in [0.29, 0.717) is 30.9 Å². The number of sulfonamides is 1. The first-order chi connectivity index (χ1) is 24.7. The number of nitrogens with one attached hydrogen (secondary N) is 1. The van der Waals surface area contributed by atoms with Gasteiger partial charge in [-0.15, -0.1) is 0 Å². The number of alkyl halides is 3. The van der Waals surface area contributed by atoms with Gasteiger partial charge in [-0.3, -0.25) is 9.78 Å². The Kier molecular flexibility index (Phi) is 9.99. The Morgan fingerprint density at radius 3 is 2.34 bits per heavy atom. The average Bonchev–Trinajstić information content (AvgIpc) is 3.43. The molecule has 1 amide bonds. The van der Waals surface area contributed by atoms with Crippen molar-refractivity contribution in [2.75, 3.05) is 29.3 Å². The zero-order valence-corrected chi connectivity index (χ0v) is 31.8. The maximum atomic E-state index is 14.8. The van der Waals surface area contributed by atoms with E-state index in [1.165, 1.54) is 35.4 Å². The van der Waals surface area contributed by atoms with E-state index in [1.54, 1.807) is 6.07 Å². The van der Waals surface area contributed by atoms with Crippen LogP contribution in [0.15, 0.2) is 65.7 Å². The molecule has 4 bridgehead atoms. The number of pyridine rings is 1. The highest BCUT2D eigenvalue weighted by molar-refractivity contribution is 7.92. The maximum Gasteiger partial charge on any atom is 0.418 e. The molecule has 10 nitrogen and oxygen atoms in total. The standard InChI is InChI=1S/C39H45F3N6O4S/c1-24-10-8-11-25(2)34(24)31-18-33-45-36(44-31)46-53(50,51)29-13-9-12-26(16-29)35(49)48(28(22-52-33)19-37(3,4)5)21-32-30(39(40,41)42)17-27(20-43-32)47-15-14-38(6,7)23-47/h8-13,16-18,20,28H,14-15,19,21-23H2,1-7H3,(H,44,45,46)/t28-/m1/s1. The first kappa shape index (κ1) is 38.0. The summed E-state index contributed by atoms with van der Waals surface area (Å²) in [5.74, 6) is -0.881. The van der Waals surface area contributed by atoms with E-state index in [9.17, 15) is 26.4 Å². The Morgan fingerprint density at radius 1 is 1.00 bits per heavy atom. The van der Waals surface area contributed by atoms with Gasteiger partial charge in [0, 0.05) is 30.3 Å². The van der Waals surface area contributed by atoms with Crippen molar-refractivity contribution in [3.63, 3.8) is 0 Å². The molecule has 14 heteroatoms. The molecule has 1 N–H and O–H groups in total. The Balaban J connectivity index is 1.49. The molecule has 0 spiro atoms. The zero-order valence-electron chi connectivity index (χ0n) is 31.0. The lowest BCUT2D eigenvalue weighted by Gasteiger charge is -2.36. The molecule has 0 saturated carbocycles. The second-order valence-electron chi connectivity index (χ2n) is 16.0. The van der Waals surface area contributed by atoms with Gasteiger partial charge in [-0.05, 0) is 72.9 Å². The van der Waals surface area contributed by atoms with Crippen LogP contribution in [0.5, 0.6) is 5.88 Å². The van der Waals surface area contributed by atoms with Crippen LogP contribution in [0.25, 0.3) is 11.3 Å². The monoisotopic (exact) mass is 750 g/mol. The van der Waals surface area contributed by atoms with Crippen molar-refractivity contribution >= 4 is 27.6 Å². The van der Waals surface area contributed by atoms with Crippen molar-refractivity contribution in [2.45, 2.75) is 85.0 Å². The molecule has 0 unspecified atom stereocenters. The number of amides is 1. The third kappa shape index (κ3) is 8.58. The smallest absolute Gasteiger partial charge is 0.418 e. The Labute approximate surface area is 308 Å². The van der Waals surface area contributed by atoms with E-state index < -0.39 is 45.7 Å². The van der Waals surface area contributed by atoms with E-state index in [0.717, 1.165) is 29.2 Å². The van der Waals surface area contributed by atoms with Crippen LogP contribution in [0, 0.1) is 24.7 Å². The summed E-state index contributed by atoms with van der Waals surface area (Å²) in [6.07, 6.45) is -2.18. The van der Waals surface area contributed by atoms with E-state index in [2.05, 4.69) is 33.5 Å². The molecule has 1 fully saturated rings. The molecule has 282 valence electrons. The fourth-order valence-corrected chi connectivity index (χ4v) is 8.06. The van der Waals surface area contributed by atoms with E-state index in [1.807, 2.05) is 57.7 Å². The highest BCUT2D eigenvalue weighted by atomic mass is 32.2. The molecule has 2 aliphatic rings. The van der Waals surface area contributed by atoms with Gasteiger partial charge in [0.1, 0.15) is 6.61 Å². The number of aryl methyl sites for hydroxylation is 2. The van der Waals surface area contributed by atoms with Gasteiger partial charge in [0.25, 0.3) is 15.9 Å². The van der Waals surface area contributed by atoms with Crippen LogP contribution in [0.3, 0.4) is 0 Å². The molecule has 2 aromatic heterocycles. The number of rotatable bonds is 5. The van der Waals surface area contributed by atoms with Crippen molar-refractivity contribution in [3.05, 3.63) is 88.7 Å². The van der Waals surface area contributed by atoms with Gasteiger partial charge >= 0.3 is 6.18 Å². The summed E-state index contributed by atoms with van der Waals surface area (Å²) < 4.78 is 80.7. The average molecular weight is 751 g/mol. The van der Waals surface area contributed by atoms with Gasteiger partial charge in [-0.1, -0.05) is 58.9 Å². The normalized spacial score (nSPS) is 18.8. The summed E-state index contributed by atoms with van der Waals surface area (Å²) in [6, 6.07) is 13.0. The number of carbonyl (C=O) groups is 1. The summed E-state index contributed by atoms with van der Waals surface area (Å²) in [4.78, 5) is 30.8. The number of ether oxygens (including phenoxy) is 1. The second kappa shape index (κ2) is 13.9. The van der Waals surface area contributed by atoms with Gasteiger partial charge in [-0.2, -0.15) is 18.2 Å². The quantitative estimate of drug-likeness (QED) is 0.218. The largest absolute Gasteiger partial charge is 0.475 e. The molecule has 4 aromatic rings. The van der Waals surface area contributed by atoms with Crippen LogP contribution < -0.4 is 14.4 Å². The fraction of sp³-hybridized carbons (Fsp3) is 0.436. The number of carbonyl (C=O) groups excluding carboxylic acids is 1.